The average molecular weight is 172 g/mol. The minimum atomic E-state index is -0.132. The largest absolute Gasteiger partial charge is 0.393 e. The van der Waals surface area contributed by atoms with Crippen LogP contribution in [0.15, 0.2) is 0 Å². The lowest BCUT2D eigenvalue weighted by molar-refractivity contribution is 0.167. The van der Waals surface area contributed by atoms with Crippen molar-refractivity contribution in [1.29, 1.82) is 0 Å². The van der Waals surface area contributed by atoms with E-state index < -0.39 is 0 Å². The van der Waals surface area contributed by atoms with Gasteiger partial charge in [0.1, 0.15) is 0 Å². The highest BCUT2D eigenvalue weighted by Crippen LogP contribution is 1.99. The van der Waals surface area contributed by atoms with Gasteiger partial charge in [-0.1, -0.05) is 0 Å². The lowest BCUT2D eigenvalue weighted by atomic mass is 10.2. The lowest BCUT2D eigenvalue weighted by Crippen LogP contribution is -2.43. The third-order valence-electron chi connectivity index (χ3n) is 2.31. The van der Waals surface area contributed by atoms with Crippen molar-refractivity contribution in [3.8, 4) is 0 Å². The molecule has 3 heteroatoms. The Hall–Kier alpha value is -0.120. The molecule has 0 radical (unpaired) electrons. The summed E-state index contributed by atoms with van der Waals surface area (Å²) in [5.41, 5.74) is 0. The van der Waals surface area contributed by atoms with Crippen LogP contribution < -0.4 is 5.32 Å². The van der Waals surface area contributed by atoms with E-state index in [9.17, 15) is 0 Å². The second-order valence-corrected chi connectivity index (χ2v) is 3.58. The molecule has 2 N–H and O–H groups in total. The van der Waals surface area contributed by atoms with E-state index in [4.69, 9.17) is 5.11 Å². The molecule has 3 nitrogen and oxygen atoms in total. The van der Waals surface area contributed by atoms with Gasteiger partial charge in [0.2, 0.25) is 0 Å². The van der Waals surface area contributed by atoms with Crippen LogP contribution in [0.2, 0.25) is 0 Å². The first-order chi connectivity index (χ1) is 5.79. The Morgan fingerprint density at radius 3 is 2.67 bits per heavy atom. The van der Waals surface area contributed by atoms with E-state index in [1.165, 1.54) is 13.1 Å². The van der Waals surface area contributed by atoms with Gasteiger partial charge in [0.25, 0.3) is 0 Å². The van der Waals surface area contributed by atoms with E-state index in [2.05, 4.69) is 10.2 Å². The van der Waals surface area contributed by atoms with Crippen molar-refractivity contribution in [2.24, 2.45) is 0 Å². The van der Waals surface area contributed by atoms with Crippen molar-refractivity contribution >= 4 is 0 Å². The number of aliphatic hydroxyl groups is 1. The molecular weight excluding hydrogens is 152 g/mol. The molecule has 1 atom stereocenters. The molecule has 1 saturated heterocycles. The van der Waals surface area contributed by atoms with E-state index in [0.29, 0.717) is 0 Å². The maximum atomic E-state index is 9.05. The van der Waals surface area contributed by atoms with Gasteiger partial charge in [0.05, 0.1) is 6.10 Å². The van der Waals surface area contributed by atoms with Gasteiger partial charge in [-0.2, -0.15) is 0 Å². The van der Waals surface area contributed by atoms with Crippen molar-refractivity contribution in [3.63, 3.8) is 0 Å². The summed E-state index contributed by atoms with van der Waals surface area (Å²) in [4.78, 5) is 2.46. The van der Waals surface area contributed by atoms with Crippen LogP contribution in [-0.4, -0.2) is 48.8 Å². The SMILES string of the molecule is CC(O)CCCN1CCNCC1. The molecule has 0 aliphatic carbocycles. The van der Waals surface area contributed by atoms with Gasteiger partial charge < -0.3 is 15.3 Å². The summed E-state index contributed by atoms with van der Waals surface area (Å²) in [6.45, 7) is 7.58. The third kappa shape index (κ3) is 4.04. The van der Waals surface area contributed by atoms with Gasteiger partial charge in [0, 0.05) is 26.2 Å². The standard InChI is InChI=1S/C9H20N2O/c1-9(12)3-2-6-11-7-4-10-5-8-11/h9-10,12H,2-8H2,1H3. The Kier molecular flexibility index (Phi) is 4.58. The smallest absolute Gasteiger partial charge is 0.0512 e. The molecule has 1 rings (SSSR count). The Morgan fingerprint density at radius 1 is 1.42 bits per heavy atom. The Labute approximate surface area is 74.8 Å². The van der Waals surface area contributed by atoms with Crippen molar-refractivity contribution in [1.82, 2.24) is 10.2 Å². The Bertz CT molecular complexity index is 111. The number of aliphatic hydroxyl groups excluding tert-OH is 1. The summed E-state index contributed by atoms with van der Waals surface area (Å²) >= 11 is 0. The minimum Gasteiger partial charge on any atom is -0.393 e. The predicted molar refractivity (Wildman–Crippen MR) is 50.2 cm³/mol. The fourth-order valence-corrected chi connectivity index (χ4v) is 1.55. The first-order valence-electron chi connectivity index (χ1n) is 4.90. The lowest BCUT2D eigenvalue weighted by Gasteiger charge is -2.27. The van der Waals surface area contributed by atoms with Gasteiger partial charge in [-0.15, -0.1) is 0 Å². The maximum absolute atomic E-state index is 9.05. The molecular formula is C9H20N2O. The number of rotatable bonds is 4. The zero-order valence-corrected chi connectivity index (χ0v) is 7.92. The van der Waals surface area contributed by atoms with Crippen molar-refractivity contribution in [2.75, 3.05) is 32.7 Å². The zero-order chi connectivity index (χ0) is 8.81. The molecule has 1 heterocycles. The van der Waals surface area contributed by atoms with Gasteiger partial charge in [0.15, 0.2) is 0 Å². The predicted octanol–water partition coefficient (Wildman–Crippen LogP) is 0.0526. The second kappa shape index (κ2) is 5.51. The summed E-state index contributed by atoms with van der Waals surface area (Å²) in [5.74, 6) is 0. The monoisotopic (exact) mass is 172 g/mol. The molecule has 1 aliphatic rings. The summed E-state index contributed by atoms with van der Waals surface area (Å²) < 4.78 is 0. The number of nitrogens with one attached hydrogen (secondary N) is 1. The molecule has 0 amide bonds. The molecule has 1 unspecified atom stereocenters. The van der Waals surface area contributed by atoms with Crippen LogP contribution in [0.5, 0.6) is 0 Å². The van der Waals surface area contributed by atoms with Crippen LogP contribution in [0, 0.1) is 0 Å². The topological polar surface area (TPSA) is 35.5 Å². The van der Waals surface area contributed by atoms with Crippen LogP contribution in [-0.2, 0) is 0 Å². The second-order valence-electron chi connectivity index (χ2n) is 3.58. The van der Waals surface area contributed by atoms with Gasteiger partial charge >= 0.3 is 0 Å². The van der Waals surface area contributed by atoms with E-state index in [1.54, 1.807) is 0 Å². The van der Waals surface area contributed by atoms with Crippen LogP contribution >= 0.6 is 0 Å². The van der Waals surface area contributed by atoms with Gasteiger partial charge in [-0.3, -0.25) is 0 Å². The summed E-state index contributed by atoms with van der Waals surface area (Å²) in [6.07, 6.45) is 1.93. The van der Waals surface area contributed by atoms with Crippen molar-refractivity contribution in [2.45, 2.75) is 25.9 Å². The Balaban J connectivity index is 1.98. The van der Waals surface area contributed by atoms with Crippen LogP contribution in [0.3, 0.4) is 0 Å². The normalized spacial score (nSPS) is 22.5. The number of hydrogen-bond acceptors (Lipinski definition) is 3. The molecule has 1 aliphatic heterocycles. The van der Waals surface area contributed by atoms with Crippen LogP contribution in [0.25, 0.3) is 0 Å². The first-order valence-corrected chi connectivity index (χ1v) is 4.90. The van der Waals surface area contributed by atoms with E-state index in [0.717, 1.165) is 32.5 Å². The first kappa shape index (κ1) is 9.96. The summed E-state index contributed by atoms with van der Waals surface area (Å²) in [7, 11) is 0. The maximum Gasteiger partial charge on any atom is 0.0512 e. The van der Waals surface area contributed by atoms with E-state index >= 15 is 0 Å². The number of nitrogens with zero attached hydrogens (tertiary/aromatic N) is 1. The van der Waals surface area contributed by atoms with Crippen molar-refractivity contribution in [3.05, 3.63) is 0 Å². The van der Waals surface area contributed by atoms with Gasteiger partial charge in [-0.05, 0) is 26.3 Å². The molecule has 0 aromatic heterocycles. The highest BCUT2D eigenvalue weighted by Gasteiger charge is 2.08. The molecule has 0 aromatic rings. The van der Waals surface area contributed by atoms with Crippen LogP contribution in [0.4, 0.5) is 0 Å². The molecule has 0 aromatic carbocycles. The van der Waals surface area contributed by atoms with Gasteiger partial charge in [-0.25, -0.2) is 0 Å². The highest BCUT2D eigenvalue weighted by molar-refractivity contribution is 4.67. The summed E-state index contributed by atoms with van der Waals surface area (Å²) in [5, 5.41) is 12.4. The molecule has 0 spiro atoms. The number of piperazine rings is 1. The number of hydrogen-bond donors (Lipinski definition) is 2. The molecule has 12 heavy (non-hydrogen) atoms. The quantitative estimate of drug-likeness (QED) is 0.629. The molecule has 0 saturated carbocycles. The van der Waals surface area contributed by atoms with E-state index in [-0.39, 0.29) is 6.10 Å². The average Bonchev–Trinajstić information content (AvgIpc) is 2.05. The molecule has 72 valence electrons. The minimum absolute atomic E-state index is 0.132. The highest BCUT2D eigenvalue weighted by atomic mass is 16.3. The Morgan fingerprint density at radius 2 is 2.08 bits per heavy atom. The zero-order valence-electron chi connectivity index (χ0n) is 7.92. The van der Waals surface area contributed by atoms with Crippen LogP contribution in [0.1, 0.15) is 19.8 Å². The molecule has 1 fully saturated rings. The van der Waals surface area contributed by atoms with Crippen molar-refractivity contribution < 1.29 is 5.11 Å². The van der Waals surface area contributed by atoms with E-state index in [1.807, 2.05) is 6.92 Å². The molecule has 0 bridgehead atoms. The fourth-order valence-electron chi connectivity index (χ4n) is 1.55. The third-order valence-corrected chi connectivity index (χ3v) is 2.31. The summed E-state index contributed by atoms with van der Waals surface area (Å²) in [6, 6.07) is 0. The fraction of sp³-hybridized carbons (Fsp3) is 1.00.